The Balaban J connectivity index is 1.58. The van der Waals surface area contributed by atoms with Gasteiger partial charge in [0, 0.05) is 18.0 Å². The molecular formula is C19H17F3N4O2. The molecule has 146 valence electrons. The molecule has 0 unspecified atom stereocenters. The Bertz CT molecular complexity index is 912. The second-order valence-electron chi connectivity index (χ2n) is 6.39. The van der Waals surface area contributed by atoms with Crippen LogP contribution in [0.4, 0.5) is 18.0 Å². The van der Waals surface area contributed by atoms with Gasteiger partial charge in [-0.2, -0.15) is 13.2 Å². The number of nitrogens with one attached hydrogen (secondary N) is 2. The minimum absolute atomic E-state index is 0.238. The van der Waals surface area contributed by atoms with E-state index >= 15 is 0 Å². The van der Waals surface area contributed by atoms with Crippen LogP contribution in [0.1, 0.15) is 11.1 Å². The lowest BCUT2D eigenvalue weighted by Crippen LogP contribution is -2.47. The number of carbonyl (C=O) groups excluding carboxylic acids is 1. The molecule has 2 heterocycles. The molecule has 0 saturated carbocycles. The summed E-state index contributed by atoms with van der Waals surface area (Å²) in [5.74, 6) is 0.661. The van der Waals surface area contributed by atoms with Crippen LogP contribution in [0.2, 0.25) is 0 Å². The van der Waals surface area contributed by atoms with Gasteiger partial charge in [-0.05, 0) is 35.4 Å². The molecule has 0 spiro atoms. The third-order valence-corrected chi connectivity index (χ3v) is 4.55. The van der Waals surface area contributed by atoms with Crippen LogP contribution in [0.25, 0.3) is 11.1 Å². The smallest absolute Gasteiger partial charge is 0.416 e. The van der Waals surface area contributed by atoms with Crippen LogP contribution in [0.3, 0.4) is 0 Å². The number of urea groups is 1. The van der Waals surface area contributed by atoms with Gasteiger partial charge in [0.25, 0.3) is 0 Å². The van der Waals surface area contributed by atoms with Gasteiger partial charge in [0.05, 0.1) is 18.7 Å². The van der Waals surface area contributed by atoms with Crippen LogP contribution < -0.4 is 15.7 Å². The van der Waals surface area contributed by atoms with E-state index in [4.69, 9.17) is 4.74 Å². The number of hydrogen-bond acceptors (Lipinski definition) is 4. The molecule has 6 nitrogen and oxygen atoms in total. The van der Waals surface area contributed by atoms with Gasteiger partial charge in [-0.15, -0.1) is 5.53 Å². The third-order valence-electron chi connectivity index (χ3n) is 4.55. The molecular weight excluding hydrogens is 373 g/mol. The molecule has 2 amide bonds. The van der Waals surface area contributed by atoms with E-state index in [0.29, 0.717) is 31.0 Å². The van der Waals surface area contributed by atoms with E-state index in [2.05, 4.69) is 11.0 Å². The average molecular weight is 390 g/mol. The molecule has 0 bridgehead atoms. The first kappa shape index (κ1) is 18.2. The molecule has 28 heavy (non-hydrogen) atoms. The molecule has 0 aliphatic carbocycles. The van der Waals surface area contributed by atoms with Crippen molar-refractivity contribution < 1.29 is 22.7 Å². The molecule has 2 aromatic rings. The van der Waals surface area contributed by atoms with Crippen LogP contribution >= 0.6 is 0 Å². The fourth-order valence-corrected chi connectivity index (χ4v) is 3.11. The number of rotatable bonds is 1. The Kier molecular flexibility index (Phi) is 4.60. The summed E-state index contributed by atoms with van der Waals surface area (Å²) in [7, 11) is 0. The van der Waals surface area contributed by atoms with Crippen molar-refractivity contribution in [3.05, 3.63) is 66.0 Å². The second-order valence-corrected chi connectivity index (χ2v) is 6.39. The molecule has 2 aliphatic rings. The molecule has 0 atom stereocenters. The number of hydrazine groups is 2. The van der Waals surface area contributed by atoms with Crippen LogP contribution in [-0.2, 0) is 12.7 Å². The van der Waals surface area contributed by atoms with E-state index in [1.165, 1.54) is 17.1 Å². The van der Waals surface area contributed by atoms with Gasteiger partial charge in [0.15, 0.2) is 0 Å². The zero-order valence-electron chi connectivity index (χ0n) is 14.7. The van der Waals surface area contributed by atoms with Gasteiger partial charge >= 0.3 is 12.2 Å². The van der Waals surface area contributed by atoms with Crippen molar-refractivity contribution in [3.63, 3.8) is 0 Å². The van der Waals surface area contributed by atoms with Crippen molar-refractivity contribution in [1.29, 1.82) is 0 Å². The molecule has 2 aromatic carbocycles. The summed E-state index contributed by atoms with van der Waals surface area (Å²) in [5, 5.41) is 1.32. The van der Waals surface area contributed by atoms with Gasteiger partial charge in [-0.3, -0.25) is 0 Å². The lowest BCUT2D eigenvalue weighted by atomic mass is 10.0. The Morgan fingerprint density at radius 3 is 2.50 bits per heavy atom. The van der Waals surface area contributed by atoms with E-state index in [1.807, 2.05) is 6.07 Å². The minimum atomic E-state index is -4.37. The summed E-state index contributed by atoms with van der Waals surface area (Å²) in [6.07, 6.45) is -1.19. The van der Waals surface area contributed by atoms with Gasteiger partial charge < -0.3 is 15.1 Å². The van der Waals surface area contributed by atoms with E-state index in [-0.39, 0.29) is 6.03 Å². The number of fused-ring (bicyclic) bond motifs is 1. The summed E-state index contributed by atoms with van der Waals surface area (Å²) >= 11 is 0. The monoisotopic (exact) mass is 390 g/mol. The van der Waals surface area contributed by atoms with E-state index in [1.54, 1.807) is 29.4 Å². The third kappa shape index (κ3) is 3.61. The predicted molar refractivity (Wildman–Crippen MR) is 95.4 cm³/mol. The first-order chi connectivity index (χ1) is 13.4. The number of alkyl halides is 3. The second kappa shape index (κ2) is 7.08. The van der Waals surface area contributed by atoms with Crippen LogP contribution in [-0.4, -0.2) is 29.1 Å². The lowest BCUT2D eigenvalue weighted by molar-refractivity contribution is -0.137. The maximum absolute atomic E-state index is 12.8. The van der Waals surface area contributed by atoms with Crippen molar-refractivity contribution in [2.75, 3.05) is 13.2 Å². The lowest BCUT2D eigenvalue weighted by Gasteiger charge is -2.24. The number of benzene rings is 2. The SMILES string of the molecule is O=C(N1CCOc2ccc(-c3ccc(C(F)(F)F)cc3)cc2C1)N1C=CNN1. The predicted octanol–water partition coefficient (Wildman–Crippen LogP) is 3.48. The largest absolute Gasteiger partial charge is 0.491 e. The number of ether oxygens (including phenoxy) is 1. The highest BCUT2D eigenvalue weighted by molar-refractivity contribution is 5.75. The number of nitrogens with zero attached hydrogens (tertiary/aromatic N) is 2. The highest BCUT2D eigenvalue weighted by atomic mass is 19.4. The summed E-state index contributed by atoms with van der Waals surface area (Å²) < 4.78 is 44.0. The molecule has 0 saturated heterocycles. The molecule has 0 radical (unpaired) electrons. The number of hydrogen-bond donors (Lipinski definition) is 2. The van der Waals surface area contributed by atoms with E-state index in [9.17, 15) is 18.0 Å². The quantitative estimate of drug-likeness (QED) is 0.783. The first-order valence-electron chi connectivity index (χ1n) is 8.61. The number of amides is 2. The van der Waals surface area contributed by atoms with Crippen LogP contribution in [0.15, 0.2) is 54.9 Å². The summed E-state index contributed by atoms with van der Waals surface area (Å²) in [6, 6.07) is 10.2. The molecule has 0 fully saturated rings. The number of carbonyl (C=O) groups is 1. The summed E-state index contributed by atoms with van der Waals surface area (Å²) in [5.41, 5.74) is 6.93. The standard InChI is InChI=1S/C19H17F3N4O2/c20-19(21,22)16-4-1-13(2-5-16)14-3-6-17-15(11-14)12-25(9-10-28-17)18(27)26-8-7-23-24-26/h1-8,11,23-24H,9-10,12H2. The molecule has 2 aliphatic heterocycles. The molecule has 2 N–H and O–H groups in total. The van der Waals surface area contributed by atoms with Crippen molar-refractivity contribution in [2.24, 2.45) is 0 Å². The van der Waals surface area contributed by atoms with E-state index in [0.717, 1.165) is 23.3 Å². The minimum Gasteiger partial charge on any atom is -0.491 e. The van der Waals surface area contributed by atoms with Gasteiger partial charge in [-0.1, -0.05) is 18.2 Å². The van der Waals surface area contributed by atoms with Crippen LogP contribution in [0, 0.1) is 0 Å². The summed E-state index contributed by atoms with van der Waals surface area (Å²) in [6.45, 7) is 1.09. The maximum atomic E-state index is 12.8. The Morgan fingerprint density at radius 1 is 1.07 bits per heavy atom. The van der Waals surface area contributed by atoms with Crippen molar-refractivity contribution in [2.45, 2.75) is 12.7 Å². The maximum Gasteiger partial charge on any atom is 0.416 e. The fraction of sp³-hybridized carbons (Fsp3) is 0.211. The zero-order chi connectivity index (χ0) is 19.7. The molecule has 0 aromatic heterocycles. The normalized spacial score (nSPS) is 16.2. The van der Waals surface area contributed by atoms with Crippen molar-refractivity contribution in [1.82, 2.24) is 20.9 Å². The fourth-order valence-electron chi connectivity index (χ4n) is 3.11. The average Bonchev–Trinajstić information content (AvgIpc) is 3.13. The first-order valence-corrected chi connectivity index (χ1v) is 8.61. The summed E-state index contributed by atoms with van der Waals surface area (Å²) in [4.78, 5) is 14.2. The molecule has 4 rings (SSSR count). The van der Waals surface area contributed by atoms with Crippen molar-refractivity contribution >= 4 is 6.03 Å². The van der Waals surface area contributed by atoms with E-state index < -0.39 is 11.7 Å². The topological polar surface area (TPSA) is 56.8 Å². The Morgan fingerprint density at radius 2 is 1.82 bits per heavy atom. The van der Waals surface area contributed by atoms with Gasteiger partial charge in [-0.25, -0.2) is 9.80 Å². The number of halogens is 3. The Labute approximate surface area is 159 Å². The van der Waals surface area contributed by atoms with Gasteiger partial charge in [0.2, 0.25) is 0 Å². The zero-order valence-corrected chi connectivity index (χ0v) is 14.7. The van der Waals surface area contributed by atoms with Crippen molar-refractivity contribution in [3.8, 4) is 16.9 Å². The highest BCUT2D eigenvalue weighted by Gasteiger charge is 2.30. The highest BCUT2D eigenvalue weighted by Crippen LogP contribution is 2.33. The van der Waals surface area contributed by atoms with Gasteiger partial charge in [0.1, 0.15) is 12.4 Å². The Hall–Kier alpha value is -3.20. The molecule has 9 heteroatoms. The van der Waals surface area contributed by atoms with Crippen LogP contribution in [0.5, 0.6) is 5.75 Å².